The van der Waals surface area contributed by atoms with Crippen LogP contribution in [0.4, 0.5) is 5.13 Å². The van der Waals surface area contributed by atoms with E-state index in [1.165, 1.54) is 0 Å². The first-order chi connectivity index (χ1) is 8.15. The third kappa shape index (κ3) is 2.01. The Hall–Kier alpha value is -1.88. The highest BCUT2D eigenvalue weighted by Crippen LogP contribution is 2.39. The van der Waals surface area contributed by atoms with Crippen LogP contribution >= 0.6 is 10.5 Å². The van der Waals surface area contributed by atoms with Gasteiger partial charge < -0.3 is 10.8 Å². The van der Waals surface area contributed by atoms with Gasteiger partial charge in [-0.15, -0.1) is 0 Å². The van der Waals surface area contributed by atoms with E-state index in [9.17, 15) is 9.90 Å². The van der Waals surface area contributed by atoms with E-state index < -0.39 is 16.4 Å². The van der Waals surface area contributed by atoms with Gasteiger partial charge in [-0.05, 0) is 6.92 Å². The molecule has 0 saturated heterocycles. The van der Waals surface area contributed by atoms with E-state index in [0.717, 1.165) is 5.56 Å². The second-order valence-corrected chi connectivity index (χ2v) is 5.66. The Morgan fingerprint density at radius 1 is 1.41 bits per heavy atom. The zero-order valence-electron chi connectivity index (χ0n) is 9.38. The van der Waals surface area contributed by atoms with E-state index in [1.54, 1.807) is 0 Å². The van der Waals surface area contributed by atoms with Crippen molar-refractivity contribution in [3.05, 3.63) is 35.2 Å². The molecule has 0 spiro atoms. The Kier molecular flexibility index (Phi) is 3.10. The molecule has 0 radical (unpaired) electrons. The number of nitrogen functional groups attached to an aromatic ring is 1. The van der Waals surface area contributed by atoms with Crippen LogP contribution < -0.4 is 5.73 Å². The number of carboxylic acid groups (broad SMARTS) is 1. The van der Waals surface area contributed by atoms with Crippen LogP contribution in [0.2, 0.25) is 0 Å². The van der Waals surface area contributed by atoms with Gasteiger partial charge in [0.2, 0.25) is 0 Å². The Bertz CT molecular complexity index is 549. The average Bonchev–Trinajstić information content (AvgIpc) is 2.67. The van der Waals surface area contributed by atoms with Gasteiger partial charge in [-0.1, -0.05) is 30.3 Å². The van der Waals surface area contributed by atoms with E-state index in [0.29, 0.717) is 21.5 Å². The van der Waals surface area contributed by atoms with Crippen molar-refractivity contribution in [3.63, 3.8) is 0 Å². The minimum atomic E-state index is -0.932. The van der Waals surface area contributed by atoms with Gasteiger partial charge in [0.25, 0.3) is 4.88 Å². The molecular weight excluding hydrogens is 236 g/mol. The number of nitrogens with two attached hydrogens (primary N) is 1. The number of carboxylic acids is 1. The van der Waals surface area contributed by atoms with Crippen LogP contribution in [0, 0.1) is 0 Å². The summed E-state index contributed by atoms with van der Waals surface area (Å²) in [4.78, 5) is 15.9. The highest BCUT2D eigenvalue weighted by Gasteiger charge is 2.31. The molecule has 0 aliphatic carbocycles. The number of carbonyl (C=O) groups is 1. The lowest BCUT2D eigenvalue weighted by molar-refractivity contribution is 0.0702. The molecule has 3 N–H and O–H groups in total. The molecule has 0 bridgehead atoms. The van der Waals surface area contributed by atoms with Crippen molar-refractivity contribution in [2.75, 3.05) is 5.73 Å². The molecule has 2 aromatic rings. The molecule has 88 valence electrons. The first-order valence-corrected chi connectivity index (χ1v) is 6.62. The van der Waals surface area contributed by atoms with Crippen molar-refractivity contribution in [2.24, 2.45) is 0 Å². The molecule has 0 aliphatic heterocycles. The largest absolute Gasteiger partial charge is 0.474 e. The smallest absolute Gasteiger partial charge is 0.391 e. The normalized spacial score (nSPS) is 11.5. The van der Waals surface area contributed by atoms with Crippen molar-refractivity contribution in [2.45, 2.75) is 12.7 Å². The van der Waals surface area contributed by atoms with Gasteiger partial charge >= 0.3 is 11.1 Å². The van der Waals surface area contributed by atoms with Gasteiger partial charge in [0.1, 0.15) is 11.4 Å². The molecule has 1 aromatic carbocycles. The zero-order valence-corrected chi connectivity index (χ0v) is 10.2. The van der Waals surface area contributed by atoms with Crippen LogP contribution in [0.25, 0.3) is 11.3 Å². The minimum absolute atomic E-state index is 0.330. The fourth-order valence-corrected chi connectivity index (χ4v) is 3.33. The fourth-order valence-electron chi connectivity index (χ4n) is 1.73. The lowest BCUT2D eigenvalue weighted by Gasteiger charge is -1.95. The van der Waals surface area contributed by atoms with Crippen LogP contribution in [0.1, 0.15) is 16.6 Å². The predicted molar refractivity (Wildman–Crippen MR) is 69.2 cm³/mol. The number of anilines is 1. The molecule has 0 amide bonds. The van der Waals surface area contributed by atoms with E-state index in [2.05, 4.69) is 4.98 Å². The quantitative estimate of drug-likeness (QED) is 0.820. The van der Waals surface area contributed by atoms with Crippen molar-refractivity contribution in [1.29, 1.82) is 0 Å². The highest BCUT2D eigenvalue weighted by atomic mass is 32.2. The number of hydrogen-bond acceptors (Lipinski definition) is 3. The minimum Gasteiger partial charge on any atom is -0.474 e. The average molecular weight is 249 g/mol. The summed E-state index contributed by atoms with van der Waals surface area (Å²) in [6.07, 6.45) is 0. The SMILES string of the molecule is CC[s+]1c(N)nc(-c2ccccc2)c1C(=O)O. The maximum absolute atomic E-state index is 11.3. The second kappa shape index (κ2) is 4.55. The Morgan fingerprint density at radius 3 is 2.59 bits per heavy atom. The third-order valence-electron chi connectivity index (χ3n) is 2.47. The summed E-state index contributed by atoms with van der Waals surface area (Å²) in [5, 5.41) is 9.70. The fraction of sp³-hybridized carbons (Fsp3) is 0.167. The number of rotatable bonds is 3. The van der Waals surface area contributed by atoms with E-state index >= 15 is 0 Å². The number of aromatic nitrogens is 1. The number of hydrogen-bond donors (Lipinski definition) is 2. The number of benzene rings is 1. The van der Waals surface area contributed by atoms with Gasteiger partial charge in [-0.25, -0.2) is 4.79 Å². The standard InChI is InChI=1S/C12H12N2O2S/c1-2-17-10(11(15)16)9(14-12(17)13)8-6-4-3-5-7-8/h3-7H,2H2,1H3,(H2-,13,14,15,16)/p+1. The van der Waals surface area contributed by atoms with Crippen LogP contribution in [0.15, 0.2) is 30.3 Å². The van der Waals surface area contributed by atoms with Crippen molar-refractivity contribution < 1.29 is 9.90 Å². The number of thiazole rings is 1. The second-order valence-electron chi connectivity index (χ2n) is 3.48. The maximum atomic E-state index is 11.3. The molecule has 1 aromatic heterocycles. The first-order valence-electron chi connectivity index (χ1n) is 5.23. The summed E-state index contributed by atoms with van der Waals surface area (Å²) in [7, 11) is -0.570. The van der Waals surface area contributed by atoms with E-state index in [4.69, 9.17) is 5.73 Å². The van der Waals surface area contributed by atoms with Crippen LogP contribution in [0.3, 0.4) is 0 Å². The van der Waals surface area contributed by atoms with Crippen LogP contribution in [-0.4, -0.2) is 16.1 Å². The number of nitrogens with zero attached hydrogens (tertiary/aromatic N) is 1. The molecule has 0 saturated carbocycles. The Morgan fingerprint density at radius 2 is 2.06 bits per heavy atom. The van der Waals surface area contributed by atoms with E-state index in [1.807, 2.05) is 37.3 Å². The molecule has 4 nitrogen and oxygen atoms in total. The van der Waals surface area contributed by atoms with Gasteiger partial charge in [-0.2, -0.15) is 4.98 Å². The summed E-state index contributed by atoms with van der Waals surface area (Å²) < 4.78 is 0. The van der Waals surface area contributed by atoms with Gasteiger partial charge in [-0.3, -0.25) is 0 Å². The Balaban J connectivity index is 2.66. The lowest BCUT2D eigenvalue weighted by atomic mass is 10.1. The molecule has 1 atom stereocenters. The molecule has 1 unspecified atom stereocenters. The monoisotopic (exact) mass is 249 g/mol. The summed E-state index contributed by atoms with van der Waals surface area (Å²) in [5.74, 6) is -0.258. The summed E-state index contributed by atoms with van der Waals surface area (Å²) >= 11 is 0. The van der Waals surface area contributed by atoms with Gasteiger partial charge in [0, 0.05) is 16.0 Å². The molecule has 0 aliphatic rings. The molecule has 2 rings (SSSR count). The summed E-state index contributed by atoms with van der Waals surface area (Å²) in [5.41, 5.74) is 7.11. The number of aromatic carboxylic acids is 1. The third-order valence-corrected chi connectivity index (χ3v) is 4.50. The first kappa shape index (κ1) is 11.6. The zero-order chi connectivity index (χ0) is 12.4. The molecule has 1 heterocycles. The van der Waals surface area contributed by atoms with Gasteiger partial charge in [0.15, 0.2) is 0 Å². The van der Waals surface area contributed by atoms with Crippen molar-refractivity contribution >= 4 is 21.6 Å². The Labute approximate surface area is 102 Å². The topological polar surface area (TPSA) is 76.2 Å². The molecule has 0 fully saturated rings. The highest BCUT2D eigenvalue weighted by molar-refractivity contribution is 7.35. The van der Waals surface area contributed by atoms with Crippen molar-refractivity contribution in [3.8, 4) is 11.3 Å². The van der Waals surface area contributed by atoms with Gasteiger partial charge in [0.05, 0.1) is 0 Å². The summed E-state index contributed by atoms with van der Waals surface area (Å²) in [6, 6.07) is 9.28. The predicted octanol–water partition coefficient (Wildman–Crippen LogP) is 2.80. The summed E-state index contributed by atoms with van der Waals surface area (Å²) in [6.45, 7) is 1.92. The van der Waals surface area contributed by atoms with Crippen LogP contribution in [-0.2, 0) is 5.75 Å². The van der Waals surface area contributed by atoms with Crippen molar-refractivity contribution in [1.82, 2.24) is 4.98 Å². The molecular formula is C12H13N2O2S+. The molecule has 5 heteroatoms. The van der Waals surface area contributed by atoms with Crippen LogP contribution in [0.5, 0.6) is 0 Å². The maximum Gasteiger partial charge on any atom is 0.391 e. The molecule has 17 heavy (non-hydrogen) atoms. The lowest BCUT2D eigenvalue weighted by Crippen LogP contribution is -1.97. The van der Waals surface area contributed by atoms with E-state index in [-0.39, 0.29) is 0 Å².